The summed E-state index contributed by atoms with van der Waals surface area (Å²) < 4.78 is 159. The first-order valence-corrected chi connectivity index (χ1v) is 10.4. The van der Waals surface area contributed by atoms with Crippen LogP contribution in [0.2, 0.25) is 0 Å². The smallest absolute Gasteiger partial charge is 0.227 e. The van der Waals surface area contributed by atoms with Crippen LogP contribution in [-0.4, -0.2) is 77.0 Å². The molecule has 1 heterocycles. The number of benzene rings is 2. The molecule has 0 saturated heterocycles. The summed E-state index contributed by atoms with van der Waals surface area (Å²) in [5.74, 6) is -3.18. The van der Waals surface area contributed by atoms with Crippen molar-refractivity contribution in [1.82, 2.24) is 9.80 Å². The van der Waals surface area contributed by atoms with E-state index in [0.717, 1.165) is 19.2 Å². The van der Waals surface area contributed by atoms with Crippen molar-refractivity contribution in [2.24, 2.45) is 0 Å². The summed E-state index contributed by atoms with van der Waals surface area (Å²) in [4.78, 5) is 14.0. The van der Waals surface area contributed by atoms with Crippen molar-refractivity contribution in [3.05, 3.63) is 46.5 Å². The van der Waals surface area contributed by atoms with Gasteiger partial charge in [0.2, 0.25) is 5.91 Å². The highest BCUT2D eigenvalue weighted by molar-refractivity contribution is 5.80. The van der Waals surface area contributed by atoms with E-state index in [0.29, 0.717) is 10.5 Å². The maximum atomic E-state index is 13.5. The van der Waals surface area contributed by atoms with Gasteiger partial charge in [-0.15, -0.1) is 0 Å². The zero-order chi connectivity index (χ0) is 38.9. The van der Waals surface area contributed by atoms with E-state index in [1.54, 1.807) is 0 Å². The molecule has 2 aliphatic rings. The number of hydrogen-bond acceptors (Lipinski definition) is 6. The second kappa shape index (κ2) is 10.6. The minimum atomic E-state index is -3.43. The first kappa shape index (κ1) is 10.8. The van der Waals surface area contributed by atoms with Crippen molar-refractivity contribution in [3.8, 4) is 23.0 Å². The summed E-state index contributed by atoms with van der Waals surface area (Å²) in [6.07, 6.45) is -4.83. The predicted molar refractivity (Wildman–Crippen MR) is 132 cm³/mol. The molecule has 1 atom stereocenters. The lowest BCUT2D eigenvalue weighted by molar-refractivity contribution is -0.130. The number of aryl methyl sites for hydroxylation is 1. The number of carbonyl (C=O) groups is 1. The minimum absolute atomic E-state index is 0.0183. The maximum Gasteiger partial charge on any atom is 0.227 e. The van der Waals surface area contributed by atoms with Gasteiger partial charge in [-0.25, -0.2) is 0 Å². The highest BCUT2D eigenvalue weighted by atomic mass is 16.5. The average molecular weight is 486 g/mol. The van der Waals surface area contributed by atoms with E-state index in [1.165, 1.54) is 19.2 Å². The Balaban J connectivity index is 1.67. The van der Waals surface area contributed by atoms with Gasteiger partial charge in [0.25, 0.3) is 0 Å². The molecule has 0 radical (unpaired) electrons. The van der Waals surface area contributed by atoms with E-state index in [2.05, 4.69) is 0 Å². The molecular formula is C27H36N2O5. The fraction of sp³-hybridized carbons (Fsp3) is 0.519. The maximum absolute atomic E-state index is 13.5. The molecule has 1 aliphatic heterocycles. The summed E-state index contributed by atoms with van der Waals surface area (Å²) >= 11 is 0. The highest BCUT2D eigenvalue weighted by Crippen LogP contribution is 2.42. The van der Waals surface area contributed by atoms with Crippen molar-refractivity contribution < 1.29 is 47.0 Å². The fourth-order valence-electron chi connectivity index (χ4n) is 3.88. The van der Waals surface area contributed by atoms with Crippen molar-refractivity contribution in [1.29, 1.82) is 0 Å². The van der Waals surface area contributed by atoms with Crippen LogP contribution in [-0.2, 0) is 24.0 Å². The van der Waals surface area contributed by atoms with E-state index in [1.807, 2.05) is 0 Å². The van der Waals surface area contributed by atoms with E-state index in [9.17, 15) is 4.79 Å². The third kappa shape index (κ3) is 4.94. The minimum Gasteiger partial charge on any atom is -0.493 e. The van der Waals surface area contributed by atoms with Crippen molar-refractivity contribution in [2.45, 2.75) is 31.6 Å². The van der Waals surface area contributed by atoms with E-state index in [-0.39, 0.29) is 51.0 Å². The molecule has 1 amide bonds. The number of carbonyl (C=O) groups excluding carboxylic acids is 1. The van der Waals surface area contributed by atoms with Crippen LogP contribution in [0.5, 0.6) is 23.0 Å². The average Bonchev–Trinajstić information content (AvgIpc) is 2.95. The second-order valence-electron chi connectivity index (χ2n) is 7.65. The lowest BCUT2D eigenvalue weighted by Crippen LogP contribution is -2.36. The van der Waals surface area contributed by atoms with Gasteiger partial charge in [0.1, 0.15) is 0 Å². The number of amides is 1. The van der Waals surface area contributed by atoms with Crippen LogP contribution in [0.25, 0.3) is 0 Å². The fourth-order valence-corrected chi connectivity index (χ4v) is 3.88. The topological polar surface area (TPSA) is 60.5 Å². The van der Waals surface area contributed by atoms with E-state index < -0.39 is 78.1 Å². The predicted octanol–water partition coefficient (Wildman–Crippen LogP) is 3.31. The summed E-state index contributed by atoms with van der Waals surface area (Å²) in [6.45, 7) is -13.6. The normalized spacial score (nSPS) is 29.3. The van der Waals surface area contributed by atoms with Crippen LogP contribution in [0.1, 0.15) is 57.9 Å². The number of ether oxygens (including phenoxy) is 4. The first-order chi connectivity index (χ1) is 23.0. The van der Waals surface area contributed by atoms with Gasteiger partial charge in [0.05, 0.1) is 42.9 Å². The van der Waals surface area contributed by atoms with Crippen LogP contribution < -0.4 is 18.9 Å². The molecule has 0 saturated carbocycles. The number of likely N-dealkylation sites (N-methyl/N-ethyl adjacent to an activating group) is 1. The molecule has 0 fully saturated rings. The van der Waals surface area contributed by atoms with Gasteiger partial charge in [0, 0.05) is 40.5 Å². The molecule has 2 aromatic carbocycles. The van der Waals surface area contributed by atoms with Crippen molar-refractivity contribution >= 4 is 5.91 Å². The Hall–Kier alpha value is -2.93. The molecule has 0 spiro atoms. The van der Waals surface area contributed by atoms with Gasteiger partial charge in [0.15, 0.2) is 23.0 Å². The zero-order valence-electron chi connectivity index (χ0n) is 35.7. The third-order valence-corrected chi connectivity index (χ3v) is 5.69. The van der Waals surface area contributed by atoms with E-state index in [4.69, 9.17) is 42.3 Å². The Labute approximate surface area is 226 Å². The third-order valence-electron chi connectivity index (χ3n) is 5.69. The summed E-state index contributed by atoms with van der Waals surface area (Å²) in [7, 11) is -3.42. The van der Waals surface area contributed by atoms with Gasteiger partial charge in [-0.1, -0.05) is 0 Å². The van der Waals surface area contributed by atoms with Gasteiger partial charge < -0.3 is 28.7 Å². The van der Waals surface area contributed by atoms with Crippen LogP contribution in [0.15, 0.2) is 24.3 Å². The molecule has 2 aromatic rings. The number of nitrogens with zero attached hydrogens (tertiary/aromatic N) is 2. The van der Waals surface area contributed by atoms with Gasteiger partial charge in [-0.05, 0) is 79.2 Å². The second-order valence-corrected chi connectivity index (χ2v) is 7.65. The highest BCUT2D eigenvalue weighted by Gasteiger charge is 2.29. The van der Waals surface area contributed by atoms with Crippen LogP contribution >= 0.6 is 0 Å². The Kier molecular flexibility index (Phi) is 3.34. The molecule has 0 N–H and O–H groups in total. The standard InChI is InChI=1S/C27H36N2O5/c1-28(17-21-11-20-14-25(33-4)26(34-5)16-22(20)21)8-6-9-29-10-7-18-12-23(31-2)24(32-3)13-19(18)15-27(29)30/h12-14,16,21H,6-11,15,17H2,1-5H3/i1D3,3D3,4D3,7D2,8D2,10D2,17D2. The van der Waals surface area contributed by atoms with Gasteiger partial charge in [-0.2, -0.15) is 0 Å². The van der Waals surface area contributed by atoms with Gasteiger partial charge >= 0.3 is 0 Å². The molecule has 7 nitrogen and oxygen atoms in total. The molecule has 4 rings (SSSR count). The lowest BCUT2D eigenvalue weighted by atomic mass is 9.77. The molecule has 7 heteroatoms. The summed E-state index contributed by atoms with van der Waals surface area (Å²) in [5.41, 5.74) is 0.116. The summed E-state index contributed by atoms with van der Waals surface area (Å²) in [5, 5.41) is 0. The molecule has 0 aromatic heterocycles. The number of fused-ring (bicyclic) bond motifs is 2. The molecule has 184 valence electrons. The zero-order valence-corrected chi connectivity index (χ0v) is 18.7. The Morgan fingerprint density at radius 3 is 2.41 bits per heavy atom. The van der Waals surface area contributed by atoms with Crippen LogP contribution in [0.3, 0.4) is 0 Å². The van der Waals surface area contributed by atoms with Crippen molar-refractivity contribution in [3.63, 3.8) is 0 Å². The monoisotopic (exact) mass is 485 g/mol. The summed E-state index contributed by atoms with van der Waals surface area (Å²) in [6, 6.07) is 4.65. The quantitative estimate of drug-likeness (QED) is 0.515. The van der Waals surface area contributed by atoms with E-state index >= 15 is 0 Å². The molecular weight excluding hydrogens is 432 g/mol. The number of methoxy groups -OCH3 is 4. The molecule has 0 bridgehead atoms. The molecule has 1 unspecified atom stereocenters. The number of hydrogen-bond donors (Lipinski definition) is 0. The SMILES string of the molecule is [2H]C([2H])([2H])Oc1cc2c(cc1OC)C(C([2H])([2H])N(C([2H])([2H])[2H])C([2H])([2H])CCN1C(=O)Cc3cc(OC([2H])([2H])[2H])c(OC)cc3C([2H])([2H])C1([2H])[2H])C2. The van der Waals surface area contributed by atoms with Crippen LogP contribution in [0, 0.1) is 0 Å². The first-order valence-electron chi connectivity index (χ1n) is 18.9. The Morgan fingerprint density at radius 1 is 1.03 bits per heavy atom. The Bertz CT molecular complexity index is 1660. The molecule has 1 aliphatic carbocycles. The van der Waals surface area contributed by atoms with Crippen molar-refractivity contribution in [2.75, 3.05) is 61.3 Å². The molecule has 34 heavy (non-hydrogen) atoms. The largest absolute Gasteiger partial charge is 0.493 e. The lowest BCUT2D eigenvalue weighted by Gasteiger charge is -2.34. The van der Waals surface area contributed by atoms with Gasteiger partial charge in [-0.3, -0.25) is 4.79 Å². The Morgan fingerprint density at radius 2 is 1.71 bits per heavy atom. The number of rotatable bonds is 10. The van der Waals surface area contributed by atoms with Crippen LogP contribution in [0.4, 0.5) is 0 Å².